The number of carbonyl (C=O) groups is 1. The van der Waals surface area contributed by atoms with Crippen LogP contribution >= 0.6 is 0 Å². The van der Waals surface area contributed by atoms with E-state index < -0.39 is 10.0 Å². The minimum absolute atomic E-state index is 0.157. The summed E-state index contributed by atoms with van der Waals surface area (Å²) in [4.78, 5) is 12.7. The van der Waals surface area contributed by atoms with Crippen molar-refractivity contribution in [3.8, 4) is 0 Å². The van der Waals surface area contributed by atoms with Gasteiger partial charge < -0.3 is 14.5 Å². The zero-order valence-electron chi connectivity index (χ0n) is 17.4. The Bertz CT molecular complexity index is 971. The number of aryl methyl sites for hydroxylation is 2. The lowest BCUT2D eigenvalue weighted by molar-refractivity contribution is -0.0440. The van der Waals surface area contributed by atoms with Crippen molar-refractivity contribution in [3.05, 3.63) is 53.0 Å². The molecule has 2 aromatic rings. The summed E-state index contributed by atoms with van der Waals surface area (Å²) in [6.45, 7) is 9.95. The molecular weight excluding hydrogens is 392 g/mol. The SMILES string of the molecule is Cc1cc(C(C)NC(=O)c2ccc(S(=O)(=O)N3CC(C)OC(C)C3)cc2)c(C)o1. The van der Waals surface area contributed by atoms with Crippen molar-refractivity contribution in [1.82, 2.24) is 9.62 Å². The average Bonchev–Trinajstić information content (AvgIpc) is 2.99. The van der Waals surface area contributed by atoms with Gasteiger partial charge in [-0.2, -0.15) is 4.31 Å². The molecule has 1 fully saturated rings. The van der Waals surface area contributed by atoms with E-state index in [4.69, 9.17) is 9.15 Å². The second-order valence-corrected chi connectivity index (χ2v) is 9.61. The Labute approximate surface area is 172 Å². The Kier molecular flexibility index (Phi) is 6.16. The maximum Gasteiger partial charge on any atom is 0.251 e. The molecule has 3 rings (SSSR count). The van der Waals surface area contributed by atoms with E-state index in [2.05, 4.69) is 5.32 Å². The second-order valence-electron chi connectivity index (χ2n) is 7.67. The molecule has 0 spiro atoms. The van der Waals surface area contributed by atoms with Gasteiger partial charge in [0.15, 0.2) is 0 Å². The molecule has 1 saturated heterocycles. The van der Waals surface area contributed by atoms with Gasteiger partial charge in [0.05, 0.1) is 23.1 Å². The van der Waals surface area contributed by atoms with E-state index in [9.17, 15) is 13.2 Å². The van der Waals surface area contributed by atoms with Gasteiger partial charge in [-0.25, -0.2) is 8.42 Å². The van der Waals surface area contributed by atoms with Crippen LogP contribution in [0.3, 0.4) is 0 Å². The van der Waals surface area contributed by atoms with Gasteiger partial charge in [0, 0.05) is 24.2 Å². The Balaban J connectivity index is 1.72. The van der Waals surface area contributed by atoms with Crippen LogP contribution in [-0.4, -0.2) is 43.9 Å². The van der Waals surface area contributed by atoms with Gasteiger partial charge in [0.1, 0.15) is 11.5 Å². The molecular formula is C21H28N2O5S. The molecule has 2 heterocycles. The highest BCUT2D eigenvalue weighted by molar-refractivity contribution is 7.89. The predicted molar refractivity (Wildman–Crippen MR) is 109 cm³/mol. The maximum absolute atomic E-state index is 12.9. The number of furan rings is 1. The van der Waals surface area contributed by atoms with Crippen LogP contribution in [0.1, 0.15) is 54.3 Å². The highest BCUT2D eigenvalue weighted by Crippen LogP contribution is 2.23. The highest BCUT2D eigenvalue weighted by Gasteiger charge is 2.32. The molecule has 158 valence electrons. The number of benzene rings is 1. The number of nitrogens with zero attached hydrogens (tertiary/aromatic N) is 1. The zero-order valence-corrected chi connectivity index (χ0v) is 18.2. The van der Waals surface area contributed by atoms with Gasteiger partial charge in [-0.05, 0) is 65.0 Å². The molecule has 1 aliphatic rings. The lowest BCUT2D eigenvalue weighted by Gasteiger charge is -2.34. The van der Waals surface area contributed by atoms with Crippen molar-refractivity contribution in [2.45, 2.75) is 57.8 Å². The van der Waals surface area contributed by atoms with E-state index in [0.717, 1.165) is 17.1 Å². The van der Waals surface area contributed by atoms with Crippen molar-refractivity contribution < 1.29 is 22.4 Å². The summed E-state index contributed by atoms with van der Waals surface area (Å²) in [5.74, 6) is 1.29. The molecule has 29 heavy (non-hydrogen) atoms. The van der Waals surface area contributed by atoms with E-state index in [-0.39, 0.29) is 29.1 Å². The second kappa shape index (κ2) is 8.30. The predicted octanol–water partition coefficient (Wildman–Crippen LogP) is 3.19. The zero-order chi connectivity index (χ0) is 21.3. The van der Waals surface area contributed by atoms with Gasteiger partial charge in [0.25, 0.3) is 5.91 Å². The van der Waals surface area contributed by atoms with Gasteiger partial charge in [-0.15, -0.1) is 0 Å². The first kappa shape index (κ1) is 21.5. The smallest absolute Gasteiger partial charge is 0.251 e. The summed E-state index contributed by atoms with van der Waals surface area (Å²) in [5, 5.41) is 2.92. The summed E-state index contributed by atoms with van der Waals surface area (Å²) in [6.07, 6.45) is -0.315. The lowest BCUT2D eigenvalue weighted by atomic mass is 10.1. The topological polar surface area (TPSA) is 88.9 Å². The van der Waals surface area contributed by atoms with E-state index in [1.807, 2.05) is 40.7 Å². The van der Waals surface area contributed by atoms with Crippen LogP contribution in [0, 0.1) is 13.8 Å². The minimum atomic E-state index is -3.63. The summed E-state index contributed by atoms with van der Waals surface area (Å²) in [6, 6.07) is 7.71. The Morgan fingerprint density at radius 3 is 2.24 bits per heavy atom. The third-order valence-electron chi connectivity index (χ3n) is 5.03. The van der Waals surface area contributed by atoms with E-state index in [0.29, 0.717) is 18.7 Å². The summed E-state index contributed by atoms with van der Waals surface area (Å²) >= 11 is 0. The van der Waals surface area contributed by atoms with Crippen molar-refractivity contribution in [3.63, 3.8) is 0 Å². The maximum atomic E-state index is 12.9. The molecule has 1 N–H and O–H groups in total. The molecule has 3 unspecified atom stereocenters. The Hall–Kier alpha value is -2.16. The van der Waals surface area contributed by atoms with Crippen LogP contribution in [0.5, 0.6) is 0 Å². The number of hydrogen-bond acceptors (Lipinski definition) is 5. The first-order valence-corrected chi connectivity index (χ1v) is 11.2. The first-order valence-electron chi connectivity index (χ1n) is 9.71. The van der Waals surface area contributed by atoms with Crippen molar-refractivity contribution >= 4 is 15.9 Å². The quantitative estimate of drug-likeness (QED) is 0.802. The molecule has 0 bridgehead atoms. The number of hydrogen-bond donors (Lipinski definition) is 1. The monoisotopic (exact) mass is 420 g/mol. The summed E-state index contributed by atoms with van der Waals surface area (Å²) < 4.78 is 38.4. The average molecular weight is 421 g/mol. The Morgan fingerprint density at radius 1 is 1.14 bits per heavy atom. The Morgan fingerprint density at radius 2 is 1.72 bits per heavy atom. The van der Waals surface area contributed by atoms with E-state index >= 15 is 0 Å². The largest absolute Gasteiger partial charge is 0.466 e. The van der Waals surface area contributed by atoms with Crippen LogP contribution < -0.4 is 5.32 Å². The number of sulfonamides is 1. The molecule has 8 heteroatoms. The van der Waals surface area contributed by atoms with Crippen LogP contribution in [-0.2, 0) is 14.8 Å². The molecule has 0 saturated carbocycles. The van der Waals surface area contributed by atoms with Crippen molar-refractivity contribution in [1.29, 1.82) is 0 Å². The fraction of sp³-hybridized carbons (Fsp3) is 0.476. The van der Waals surface area contributed by atoms with Gasteiger partial charge in [-0.1, -0.05) is 0 Å². The number of rotatable bonds is 5. The fourth-order valence-corrected chi connectivity index (χ4v) is 5.28. The molecule has 1 aromatic heterocycles. The van der Waals surface area contributed by atoms with Crippen LogP contribution in [0.15, 0.2) is 39.6 Å². The van der Waals surface area contributed by atoms with Gasteiger partial charge in [-0.3, -0.25) is 4.79 Å². The number of amides is 1. The molecule has 3 atom stereocenters. The van der Waals surface area contributed by atoms with Crippen LogP contribution in [0.4, 0.5) is 0 Å². The van der Waals surface area contributed by atoms with Gasteiger partial charge in [0.2, 0.25) is 10.0 Å². The third-order valence-corrected chi connectivity index (χ3v) is 6.88. The fourth-order valence-electron chi connectivity index (χ4n) is 3.69. The number of ether oxygens (including phenoxy) is 1. The molecule has 0 aliphatic carbocycles. The molecule has 0 radical (unpaired) electrons. The van der Waals surface area contributed by atoms with Crippen molar-refractivity contribution in [2.24, 2.45) is 0 Å². The van der Waals surface area contributed by atoms with E-state index in [1.54, 1.807) is 0 Å². The van der Waals surface area contributed by atoms with Crippen molar-refractivity contribution in [2.75, 3.05) is 13.1 Å². The van der Waals surface area contributed by atoms with E-state index in [1.165, 1.54) is 28.6 Å². The summed E-state index contributed by atoms with van der Waals surface area (Å²) in [7, 11) is -3.63. The summed E-state index contributed by atoms with van der Waals surface area (Å²) in [5.41, 5.74) is 1.32. The molecule has 1 amide bonds. The first-order chi connectivity index (χ1) is 13.6. The number of nitrogens with one attached hydrogen (secondary N) is 1. The highest BCUT2D eigenvalue weighted by atomic mass is 32.2. The minimum Gasteiger partial charge on any atom is -0.466 e. The number of morpholine rings is 1. The number of carbonyl (C=O) groups excluding carboxylic acids is 1. The van der Waals surface area contributed by atoms with Crippen LogP contribution in [0.2, 0.25) is 0 Å². The molecule has 1 aliphatic heterocycles. The van der Waals surface area contributed by atoms with Crippen LogP contribution in [0.25, 0.3) is 0 Å². The molecule has 7 nitrogen and oxygen atoms in total. The third kappa shape index (κ3) is 4.71. The normalized spacial score (nSPS) is 21.7. The standard InChI is InChI=1S/C21H28N2O5S/c1-13-10-20(17(5)28-13)16(4)22-21(24)18-6-8-19(9-7-18)29(25,26)23-11-14(2)27-15(3)12-23/h6-10,14-16H,11-12H2,1-5H3,(H,22,24). The van der Waals surface area contributed by atoms with Gasteiger partial charge >= 0.3 is 0 Å². The molecule has 1 aromatic carbocycles. The lowest BCUT2D eigenvalue weighted by Crippen LogP contribution is -2.48.